The molecule has 3 rings (SSSR count). The Morgan fingerprint density at radius 3 is 2.58 bits per heavy atom. The molecule has 2 aromatic carbocycles. The summed E-state index contributed by atoms with van der Waals surface area (Å²) in [6.07, 6.45) is 0.916. The van der Waals surface area contributed by atoms with Crippen LogP contribution in [-0.4, -0.2) is 18.2 Å². The van der Waals surface area contributed by atoms with E-state index in [-0.39, 0.29) is 0 Å². The van der Waals surface area contributed by atoms with E-state index in [1.54, 1.807) is 13.3 Å². The van der Waals surface area contributed by atoms with Gasteiger partial charge in [-0.3, -0.25) is 4.98 Å². The highest BCUT2D eigenvalue weighted by Gasteiger charge is 2.19. The zero-order valence-corrected chi connectivity index (χ0v) is 13.3. The maximum Gasteiger partial charge on any atom is 0.405 e. The minimum Gasteiger partial charge on any atom is -0.497 e. The minimum atomic E-state index is -0.804. The summed E-state index contributed by atoms with van der Waals surface area (Å²) < 4.78 is 10.5. The van der Waals surface area contributed by atoms with Gasteiger partial charge in [-0.25, -0.2) is 4.79 Å². The Morgan fingerprint density at radius 2 is 1.88 bits per heavy atom. The number of nitrogens with two attached hydrogens (primary N) is 1. The summed E-state index contributed by atoms with van der Waals surface area (Å²) in [4.78, 5) is 15.8. The third-order valence-electron chi connectivity index (χ3n) is 3.85. The van der Waals surface area contributed by atoms with Gasteiger partial charge in [-0.1, -0.05) is 36.4 Å². The molecule has 0 fully saturated rings. The van der Waals surface area contributed by atoms with Crippen molar-refractivity contribution >= 4 is 17.0 Å². The molecule has 1 aromatic heterocycles. The highest BCUT2D eigenvalue weighted by molar-refractivity contribution is 5.82. The lowest BCUT2D eigenvalue weighted by atomic mass is 9.98. The van der Waals surface area contributed by atoms with E-state index in [0.29, 0.717) is 6.42 Å². The number of carbonyl (C=O) groups is 1. The van der Waals surface area contributed by atoms with Gasteiger partial charge in [-0.2, -0.15) is 0 Å². The summed E-state index contributed by atoms with van der Waals surface area (Å²) in [7, 11) is 1.62. The second-order valence-electron chi connectivity index (χ2n) is 5.40. The van der Waals surface area contributed by atoms with Crippen LogP contribution in [0.5, 0.6) is 5.75 Å². The fourth-order valence-electron chi connectivity index (χ4n) is 2.72. The number of benzene rings is 2. The zero-order chi connectivity index (χ0) is 16.9. The number of carbonyl (C=O) groups excluding carboxylic acids is 1. The fraction of sp³-hybridized carbons (Fsp3) is 0.158. The van der Waals surface area contributed by atoms with Crippen molar-refractivity contribution in [1.29, 1.82) is 0 Å². The van der Waals surface area contributed by atoms with Crippen molar-refractivity contribution in [2.75, 3.05) is 7.11 Å². The van der Waals surface area contributed by atoms with E-state index in [9.17, 15) is 4.79 Å². The van der Waals surface area contributed by atoms with Gasteiger partial charge in [0, 0.05) is 23.6 Å². The van der Waals surface area contributed by atoms with Crippen LogP contribution >= 0.6 is 0 Å². The largest absolute Gasteiger partial charge is 0.497 e. The number of amides is 1. The third-order valence-corrected chi connectivity index (χ3v) is 3.85. The van der Waals surface area contributed by atoms with E-state index in [1.165, 1.54) is 0 Å². The van der Waals surface area contributed by atoms with Gasteiger partial charge < -0.3 is 15.2 Å². The molecule has 0 bridgehead atoms. The summed E-state index contributed by atoms with van der Waals surface area (Å²) in [6.45, 7) is 0. The predicted octanol–water partition coefficient (Wildman–Crippen LogP) is 3.62. The van der Waals surface area contributed by atoms with Crippen LogP contribution in [0.2, 0.25) is 0 Å². The molecule has 2 N–H and O–H groups in total. The second-order valence-corrected chi connectivity index (χ2v) is 5.40. The number of methoxy groups -OCH3 is 1. The molecule has 0 aliphatic rings. The lowest BCUT2D eigenvalue weighted by Gasteiger charge is -2.18. The fourth-order valence-corrected chi connectivity index (χ4v) is 2.72. The molecule has 122 valence electrons. The molecule has 0 saturated carbocycles. The number of pyridine rings is 1. The Bertz CT molecular complexity index is 841. The summed E-state index contributed by atoms with van der Waals surface area (Å²) in [5.74, 6) is 0.776. The average Bonchev–Trinajstić information content (AvgIpc) is 2.61. The topological polar surface area (TPSA) is 74.4 Å². The molecule has 3 aromatic rings. The average molecular weight is 322 g/mol. The van der Waals surface area contributed by atoms with Crippen molar-refractivity contribution in [2.45, 2.75) is 12.5 Å². The van der Waals surface area contributed by atoms with E-state index in [1.807, 2.05) is 54.6 Å². The Balaban J connectivity index is 1.97. The summed E-state index contributed by atoms with van der Waals surface area (Å²) in [5.41, 5.74) is 7.92. The molecule has 5 nitrogen and oxygen atoms in total. The van der Waals surface area contributed by atoms with Gasteiger partial charge in [0.25, 0.3) is 0 Å². The van der Waals surface area contributed by atoms with Crippen LogP contribution in [0.25, 0.3) is 10.9 Å². The van der Waals surface area contributed by atoms with Crippen LogP contribution in [0.4, 0.5) is 4.79 Å². The molecule has 5 heteroatoms. The molecule has 0 aliphatic carbocycles. The van der Waals surface area contributed by atoms with Crippen molar-refractivity contribution in [3.63, 3.8) is 0 Å². The highest BCUT2D eigenvalue weighted by atomic mass is 16.6. The number of hydrogen-bond acceptors (Lipinski definition) is 4. The van der Waals surface area contributed by atoms with Gasteiger partial charge in [0.2, 0.25) is 0 Å². The lowest BCUT2D eigenvalue weighted by Crippen LogP contribution is -2.19. The number of hydrogen-bond donors (Lipinski definition) is 1. The van der Waals surface area contributed by atoms with Gasteiger partial charge in [0.1, 0.15) is 11.9 Å². The first-order valence-corrected chi connectivity index (χ1v) is 7.60. The first-order chi connectivity index (χ1) is 11.7. The molecule has 1 unspecified atom stereocenters. The van der Waals surface area contributed by atoms with Gasteiger partial charge >= 0.3 is 6.09 Å². The Morgan fingerprint density at radius 1 is 1.12 bits per heavy atom. The van der Waals surface area contributed by atoms with Gasteiger partial charge in [0.15, 0.2) is 0 Å². The molecule has 24 heavy (non-hydrogen) atoms. The number of nitrogens with zero attached hydrogens (tertiary/aromatic N) is 1. The number of para-hydroxylation sites is 1. The molecule has 1 heterocycles. The standard InChI is InChI=1S/C19H18N2O3/c1-23-15-9-7-13(8-10-15)12-17(24-19(20)22)16-6-2-4-14-5-3-11-21-18(14)16/h2-11,17H,12H2,1H3,(H2,20,22). The maximum atomic E-state index is 11.4. The van der Waals surface area contributed by atoms with Crippen LogP contribution in [0, 0.1) is 0 Å². The van der Waals surface area contributed by atoms with E-state index in [0.717, 1.165) is 27.8 Å². The molecule has 1 atom stereocenters. The molecular weight excluding hydrogens is 304 g/mol. The van der Waals surface area contributed by atoms with Crippen LogP contribution < -0.4 is 10.5 Å². The first kappa shape index (κ1) is 15.8. The second kappa shape index (κ2) is 7.00. The number of primary amides is 1. The summed E-state index contributed by atoms with van der Waals surface area (Å²) in [6, 6.07) is 17.3. The molecule has 1 amide bonds. The molecule has 0 aliphatic heterocycles. The Labute approximate surface area is 140 Å². The van der Waals surface area contributed by atoms with Crippen molar-refractivity contribution in [2.24, 2.45) is 5.73 Å². The van der Waals surface area contributed by atoms with Crippen molar-refractivity contribution in [3.8, 4) is 5.75 Å². The molecule has 0 radical (unpaired) electrons. The van der Waals surface area contributed by atoms with Crippen LogP contribution in [0.1, 0.15) is 17.2 Å². The van der Waals surface area contributed by atoms with Crippen molar-refractivity contribution in [1.82, 2.24) is 4.98 Å². The summed E-state index contributed by atoms with van der Waals surface area (Å²) in [5, 5.41) is 0.989. The SMILES string of the molecule is COc1ccc(CC(OC(N)=O)c2cccc3cccnc23)cc1. The maximum absolute atomic E-state index is 11.4. The number of aromatic nitrogens is 1. The van der Waals surface area contributed by atoms with Crippen LogP contribution in [0.15, 0.2) is 60.8 Å². The number of fused-ring (bicyclic) bond motifs is 1. The highest BCUT2D eigenvalue weighted by Crippen LogP contribution is 2.28. The van der Waals surface area contributed by atoms with E-state index in [4.69, 9.17) is 15.2 Å². The van der Waals surface area contributed by atoms with Crippen LogP contribution in [0.3, 0.4) is 0 Å². The third kappa shape index (κ3) is 3.46. The van der Waals surface area contributed by atoms with E-state index in [2.05, 4.69) is 4.98 Å². The first-order valence-electron chi connectivity index (χ1n) is 7.60. The van der Waals surface area contributed by atoms with Gasteiger partial charge in [-0.05, 0) is 23.8 Å². The summed E-state index contributed by atoms with van der Waals surface area (Å²) >= 11 is 0. The van der Waals surface area contributed by atoms with Crippen molar-refractivity contribution < 1.29 is 14.3 Å². The van der Waals surface area contributed by atoms with Crippen LogP contribution in [-0.2, 0) is 11.2 Å². The smallest absolute Gasteiger partial charge is 0.405 e. The molecule has 0 saturated heterocycles. The van der Waals surface area contributed by atoms with E-state index < -0.39 is 12.2 Å². The molecule has 0 spiro atoms. The van der Waals surface area contributed by atoms with Crippen molar-refractivity contribution in [3.05, 3.63) is 71.9 Å². The number of ether oxygens (including phenoxy) is 2. The zero-order valence-electron chi connectivity index (χ0n) is 13.3. The Hall–Kier alpha value is -3.08. The number of rotatable bonds is 5. The van der Waals surface area contributed by atoms with Gasteiger partial charge in [0.05, 0.1) is 12.6 Å². The lowest BCUT2D eigenvalue weighted by molar-refractivity contribution is 0.107. The quantitative estimate of drug-likeness (QED) is 0.778. The van der Waals surface area contributed by atoms with E-state index >= 15 is 0 Å². The van der Waals surface area contributed by atoms with Gasteiger partial charge in [-0.15, -0.1) is 0 Å². The predicted molar refractivity (Wildman–Crippen MR) is 91.9 cm³/mol. The Kier molecular flexibility index (Phi) is 4.61. The molecular formula is C19H18N2O3. The minimum absolute atomic E-state index is 0.503. The normalized spacial score (nSPS) is 11.9. The monoisotopic (exact) mass is 322 g/mol.